The van der Waals surface area contributed by atoms with E-state index in [9.17, 15) is 14.7 Å². The van der Waals surface area contributed by atoms with Crippen molar-refractivity contribution in [2.24, 2.45) is 0 Å². The number of carbonyl (C=O) groups excluding carboxylic acids is 2. The summed E-state index contributed by atoms with van der Waals surface area (Å²) in [7, 11) is 0. The van der Waals surface area contributed by atoms with Crippen LogP contribution in [-0.2, 0) is 9.59 Å². The minimum absolute atomic E-state index is 0.237. The first-order chi connectivity index (χ1) is 8.30. The number of anilines is 2. The Morgan fingerprint density at radius 2 is 2.17 bits per heavy atom. The van der Waals surface area contributed by atoms with Gasteiger partial charge in [-0.1, -0.05) is 0 Å². The molecule has 0 aromatic heterocycles. The van der Waals surface area contributed by atoms with Crippen LogP contribution >= 0.6 is 0 Å². The lowest BCUT2D eigenvalue weighted by atomic mass is 10.1. The van der Waals surface area contributed by atoms with Crippen molar-refractivity contribution in [2.75, 3.05) is 17.2 Å². The summed E-state index contributed by atoms with van der Waals surface area (Å²) in [6, 6.07) is 4.67. The molecule has 0 aliphatic carbocycles. The van der Waals surface area contributed by atoms with Gasteiger partial charge in [-0.05, 0) is 32.0 Å². The summed E-state index contributed by atoms with van der Waals surface area (Å²) in [5.41, 5.74) is 4.65. The lowest BCUT2D eigenvalue weighted by molar-refractivity contribution is -0.138. The third-order valence-electron chi connectivity index (χ3n) is 2.55. The maximum atomic E-state index is 12.1. The second-order valence-electron chi connectivity index (χ2n) is 4.61. The van der Waals surface area contributed by atoms with Crippen LogP contribution in [0.5, 0.6) is 5.75 Å². The molecule has 0 atom stereocenters. The van der Waals surface area contributed by atoms with E-state index in [2.05, 4.69) is 0 Å². The molecule has 3 N–H and O–H groups in total. The van der Waals surface area contributed by atoms with E-state index in [-0.39, 0.29) is 12.3 Å². The summed E-state index contributed by atoms with van der Waals surface area (Å²) in [4.78, 5) is 24.8. The molecule has 2 amide bonds. The zero-order valence-electron chi connectivity index (χ0n) is 10.1. The van der Waals surface area contributed by atoms with Crippen molar-refractivity contribution in [1.29, 1.82) is 0 Å². The molecule has 0 spiro atoms. The highest BCUT2D eigenvalue weighted by atomic mass is 16.5. The summed E-state index contributed by atoms with van der Waals surface area (Å²) in [6.07, 6.45) is 0. The van der Waals surface area contributed by atoms with Crippen molar-refractivity contribution in [1.82, 2.24) is 0 Å². The maximum absolute atomic E-state index is 12.1. The number of carbonyl (C=O) groups is 2. The van der Waals surface area contributed by atoms with Crippen LogP contribution in [0.15, 0.2) is 18.2 Å². The van der Waals surface area contributed by atoms with E-state index in [1.807, 2.05) is 0 Å². The minimum atomic E-state index is -1.64. The number of ether oxygens (including phenoxy) is 1. The van der Waals surface area contributed by atoms with Crippen molar-refractivity contribution in [3.05, 3.63) is 18.2 Å². The fourth-order valence-electron chi connectivity index (χ4n) is 1.67. The molecule has 18 heavy (non-hydrogen) atoms. The van der Waals surface area contributed by atoms with Crippen LogP contribution < -0.4 is 15.4 Å². The standard InChI is InChI=1S/C12H14N2O4/c1-12(2,17)11(16)14-8-5-7(13)3-4-9(8)18-6-10(14)15/h3-5,17H,6,13H2,1-2H3. The Balaban J connectivity index is 2.51. The molecular weight excluding hydrogens is 236 g/mol. The van der Waals surface area contributed by atoms with Crippen molar-refractivity contribution in [3.8, 4) is 5.75 Å². The molecule has 0 saturated heterocycles. The first-order valence-corrected chi connectivity index (χ1v) is 5.43. The third kappa shape index (κ3) is 2.02. The number of fused-ring (bicyclic) bond motifs is 1. The molecule has 0 unspecified atom stereocenters. The molecule has 0 bridgehead atoms. The second kappa shape index (κ2) is 3.99. The van der Waals surface area contributed by atoms with E-state index >= 15 is 0 Å². The molecule has 1 heterocycles. The van der Waals surface area contributed by atoms with Crippen LogP contribution in [0.1, 0.15) is 13.8 Å². The number of aliphatic hydroxyl groups is 1. The lowest BCUT2D eigenvalue weighted by Gasteiger charge is -2.31. The summed E-state index contributed by atoms with van der Waals surface area (Å²) in [6.45, 7) is 2.41. The normalized spacial score (nSPS) is 15.1. The first-order valence-electron chi connectivity index (χ1n) is 5.43. The number of nitrogens with zero attached hydrogens (tertiary/aromatic N) is 1. The third-order valence-corrected chi connectivity index (χ3v) is 2.55. The van der Waals surface area contributed by atoms with Gasteiger partial charge in [0.25, 0.3) is 11.8 Å². The summed E-state index contributed by atoms with van der Waals surface area (Å²) >= 11 is 0. The molecule has 0 saturated carbocycles. The van der Waals surface area contributed by atoms with E-state index < -0.39 is 17.4 Å². The number of nitrogen functional groups attached to an aromatic ring is 1. The molecule has 1 aliphatic rings. The molecule has 6 nitrogen and oxygen atoms in total. The summed E-state index contributed by atoms with van der Waals surface area (Å²) in [5, 5.41) is 9.74. The average Bonchev–Trinajstić information content (AvgIpc) is 2.26. The molecule has 1 aromatic rings. The van der Waals surface area contributed by atoms with Crippen LogP contribution in [0.25, 0.3) is 0 Å². The molecular formula is C12H14N2O4. The van der Waals surface area contributed by atoms with Gasteiger partial charge >= 0.3 is 0 Å². The molecule has 1 aliphatic heterocycles. The molecule has 2 rings (SSSR count). The van der Waals surface area contributed by atoms with Gasteiger partial charge in [0.05, 0.1) is 5.69 Å². The summed E-state index contributed by atoms with van der Waals surface area (Å²) in [5.74, 6) is -0.843. The quantitative estimate of drug-likeness (QED) is 0.699. The largest absolute Gasteiger partial charge is 0.482 e. The molecule has 6 heteroatoms. The Hall–Kier alpha value is -2.08. The predicted molar refractivity (Wildman–Crippen MR) is 65.1 cm³/mol. The van der Waals surface area contributed by atoms with E-state index in [0.717, 1.165) is 4.90 Å². The topological polar surface area (TPSA) is 92.9 Å². The highest BCUT2D eigenvalue weighted by Gasteiger charge is 2.38. The van der Waals surface area contributed by atoms with Crippen molar-refractivity contribution >= 4 is 23.2 Å². The van der Waals surface area contributed by atoms with Crippen LogP contribution in [0.2, 0.25) is 0 Å². The van der Waals surface area contributed by atoms with Gasteiger partial charge in [-0.2, -0.15) is 0 Å². The fourth-order valence-corrected chi connectivity index (χ4v) is 1.67. The van der Waals surface area contributed by atoms with E-state index in [0.29, 0.717) is 11.4 Å². The van der Waals surface area contributed by atoms with Crippen molar-refractivity contribution in [3.63, 3.8) is 0 Å². The second-order valence-corrected chi connectivity index (χ2v) is 4.61. The van der Waals surface area contributed by atoms with E-state index in [1.54, 1.807) is 12.1 Å². The van der Waals surface area contributed by atoms with E-state index in [4.69, 9.17) is 10.5 Å². The van der Waals surface area contributed by atoms with Gasteiger partial charge in [-0.15, -0.1) is 0 Å². The zero-order valence-corrected chi connectivity index (χ0v) is 10.1. The Labute approximate surface area is 104 Å². The number of rotatable bonds is 1. The van der Waals surface area contributed by atoms with Gasteiger partial charge in [0, 0.05) is 5.69 Å². The van der Waals surface area contributed by atoms with Crippen molar-refractivity contribution in [2.45, 2.75) is 19.4 Å². The molecule has 0 radical (unpaired) electrons. The first kappa shape index (κ1) is 12.4. The Kier molecular flexibility index (Phi) is 2.74. The minimum Gasteiger partial charge on any atom is -0.482 e. The maximum Gasteiger partial charge on any atom is 0.271 e. The Morgan fingerprint density at radius 3 is 2.78 bits per heavy atom. The average molecular weight is 250 g/mol. The molecule has 1 aromatic carbocycles. The van der Waals surface area contributed by atoms with Gasteiger partial charge in [-0.25, -0.2) is 4.90 Å². The lowest BCUT2D eigenvalue weighted by Crippen LogP contribution is -2.51. The predicted octanol–water partition coefficient (Wildman–Crippen LogP) is 0.292. The van der Waals surface area contributed by atoms with Gasteiger partial charge in [0.1, 0.15) is 11.4 Å². The fraction of sp³-hybridized carbons (Fsp3) is 0.333. The zero-order chi connectivity index (χ0) is 13.5. The molecule has 96 valence electrons. The van der Waals surface area contributed by atoms with Crippen LogP contribution in [-0.4, -0.2) is 29.1 Å². The number of nitrogens with two attached hydrogens (primary N) is 1. The number of imide groups is 1. The van der Waals surface area contributed by atoms with Crippen LogP contribution in [0.3, 0.4) is 0 Å². The smallest absolute Gasteiger partial charge is 0.271 e. The Bertz CT molecular complexity index is 519. The van der Waals surface area contributed by atoms with Crippen molar-refractivity contribution < 1.29 is 19.4 Å². The SMILES string of the molecule is CC(C)(O)C(=O)N1C(=O)COc2ccc(N)cc21. The number of benzene rings is 1. The highest BCUT2D eigenvalue weighted by Crippen LogP contribution is 2.34. The van der Waals surface area contributed by atoms with Gasteiger partial charge in [0.2, 0.25) is 0 Å². The monoisotopic (exact) mass is 250 g/mol. The van der Waals surface area contributed by atoms with Gasteiger partial charge in [-0.3, -0.25) is 9.59 Å². The number of amides is 2. The van der Waals surface area contributed by atoms with Crippen LogP contribution in [0, 0.1) is 0 Å². The number of hydrogen-bond acceptors (Lipinski definition) is 5. The summed E-state index contributed by atoms with van der Waals surface area (Å²) < 4.78 is 5.20. The van der Waals surface area contributed by atoms with Gasteiger partial charge < -0.3 is 15.6 Å². The highest BCUT2D eigenvalue weighted by molar-refractivity contribution is 6.19. The van der Waals surface area contributed by atoms with E-state index in [1.165, 1.54) is 19.9 Å². The molecule has 0 fully saturated rings. The van der Waals surface area contributed by atoms with Gasteiger partial charge in [0.15, 0.2) is 6.61 Å². The van der Waals surface area contributed by atoms with Crippen LogP contribution in [0.4, 0.5) is 11.4 Å². The number of hydrogen-bond donors (Lipinski definition) is 2. The Morgan fingerprint density at radius 1 is 1.50 bits per heavy atom.